The second-order valence-electron chi connectivity index (χ2n) is 3.75. The van der Waals surface area contributed by atoms with Crippen LogP contribution in [0.5, 0.6) is 0 Å². The number of benzene rings is 1. The molecule has 0 amide bonds. The van der Waals surface area contributed by atoms with Crippen LogP contribution in [0, 0.1) is 6.92 Å². The van der Waals surface area contributed by atoms with Crippen molar-refractivity contribution < 1.29 is 14.3 Å². The Balaban J connectivity index is 3.02. The van der Waals surface area contributed by atoms with E-state index in [1.807, 2.05) is 31.2 Å². The molecule has 1 rings (SSSR count). The van der Waals surface area contributed by atoms with E-state index in [4.69, 9.17) is 4.74 Å². The zero-order valence-corrected chi connectivity index (χ0v) is 10.3. The van der Waals surface area contributed by atoms with Gasteiger partial charge in [-0.1, -0.05) is 29.8 Å². The summed E-state index contributed by atoms with van der Waals surface area (Å²) in [5.41, 5.74) is 2.02. The Morgan fingerprint density at radius 3 is 2.29 bits per heavy atom. The van der Waals surface area contributed by atoms with Crippen molar-refractivity contribution in [1.82, 2.24) is 0 Å². The molecule has 0 unspecified atom stereocenters. The topological polar surface area (TPSA) is 43.4 Å². The van der Waals surface area contributed by atoms with Crippen LogP contribution in [0.4, 0.5) is 0 Å². The summed E-state index contributed by atoms with van der Waals surface area (Å²) in [5, 5.41) is 0. The predicted octanol–water partition coefficient (Wildman–Crippen LogP) is 2.53. The van der Waals surface area contributed by atoms with Gasteiger partial charge in [0, 0.05) is 0 Å². The lowest BCUT2D eigenvalue weighted by Crippen LogP contribution is -2.13. The van der Waals surface area contributed by atoms with Crippen molar-refractivity contribution in [2.45, 2.75) is 20.8 Å². The van der Waals surface area contributed by atoms with Gasteiger partial charge in [-0.15, -0.1) is 0 Å². The van der Waals surface area contributed by atoms with Crippen molar-refractivity contribution in [3.8, 4) is 0 Å². The molecule has 3 heteroatoms. The van der Waals surface area contributed by atoms with Crippen LogP contribution in [0.3, 0.4) is 0 Å². The normalized spacial score (nSPS) is 11.1. The van der Waals surface area contributed by atoms with E-state index in [-0.39, 0.29) is 18.0 Å². The smallest absolute Gasteiger partial charge is 0.341 e. The summed E-state index contributed by atoms with van der Waals surface area (Å²) >= 11 is 0. The van der Waals surface area contributed by atoms with E-state index in [0.717, 1.165) is 11.1 Å². The summed E-state index contributed by atoms with van der Waals surface area (Å²) in [6.07, 6.45) is 1.56. The molecule has 0 aliphatic carbocycles. The third kappa shape index (κ3) is 3.87. The molecule has 0 saturated heterocycles. The molecule has 90 valence electrons. The maximum absolute atomic E-state index is 11.5. The highest BCUT2D eigenvalue weighted by molar-refractivity contribution is 6.19. The van der Waals surface area contributed by atoms with Crippen molar-refractivity contribution in [2.24, 2.45) is 0 Å². The van der Waals surface area contributed by atoms with Gasteiger partial charge in [-0.3, -0.25) is 4.79 Å². The number of ketones is 1. The zero-order chi connectivity index (χ0) is 12.8. The molecule has 0 saturated carbocycles. The molecule has 0 aliphatic heterocycles. The van der Waals surface area contributed by atoms with Crippen molar-refractivity contribution in [3.05, 3.63) is 41.0 Å². The first-order valence-corrected chi connectivity index (χ1v) is 5.51. The summed E-state index contributed by atoms with van der Waals surface area (Å²) < 4.78 is 4.83. The van der Waals surface area contributed by atoms with E-state index < -0.39 is 5.97 Å². The van der Waals surface area contributed by atoms with E-state index in [0.29, 0.717) is 0 Å². The van der Waals surface area contributed by atoms with Gasteiger partial charge in [-0.05, 0) is 32.4 Å². The SMILES string of the molecule is CCOC(=O)/C(=C\c1ccc(C)cc1)C(C)=O. The van der Waals surface area contributed by atoms with Crippen molar-refractivity contribution >= 4 is 17.8 Å². The first-order valence-electron chi connectivity index (χ1n) is 5.51. The van der Waals surface area contributed by atoms with Crippen LogP contribution in [0.1, 0.15) is 25.0 Å². The van der Waals surface area contributed by atoms with Gasteiger partial charge in [-0.25, -0.2) is 4.79 Å². The lowest BCUT2D eigenvalue weighted by molar-refractivity contribution is -0.139. The summed E-state index contributed by atoms with van der Waals surface area (Å²) in [6.45, 7) is 5.31. The minimum Gasteiger partial charge on any atom is -0.462 e. The molecule has 1 aromatic carbocycles. The van der Waals surface area contributed by atoms with Crippen LogP contribution in [-0.4, -0.2) is 18.4 Å². The molecule has 1 aromatic rings. The lowest BCUT2D eigenvalue weighted by atomic mass is 10.1. The molecule has 0 bridgehead atoms. The van der Waals surface area contributed by atoms with Gasteiger partial charge < -0.3 is 4.74 Å². The second-order valence-corrected chi connectivity index (χ2v) is 3.75. The fourth-order valence-corrected chi connectivity index (χ4v) is 1.34. The summed E-state index contributed by atoms with van der Waals surface area (Å²) in [5.74, 6) is -0.857. The van der Waals surface area contributed by atoms with Crippen LogP contribution in [0.25, 0.3) is 6.08 Å². The van der Waals surface area contributed by atoms with Gasteiger partial charge in [0.1, 0.15) is 5.57 Å². The highest BCUT2D eigenvalue weighted by Gasteiger charge is 2.15. The van der Waals surface area contributed by atoms with E-state index in [2.05, 4.69) is 0 Å². The fraction of sp³-hybridized carbons (Fsp3) is 0.286. The highest BCUT2D eigenvalue weighted by Crippen LogP contribution is 2.10. The van der Waals surface area contributed by atoms with Crippen molar-refractivity contribution in [2.75, 3.05) is 6.61 Å². The molecule has 0 fully saturated rings. The Hall–Kier alpha value is -1.90. The number of aryl methyl sites for hydroxylation is 1. The fourth-order valence-electron chi connectivity index (χ4n) is 1.34. The molecular weight excluding hydrogens is 216 g/mol. The number of carbonyl (C=O) groups is 2. The summed E-state index contributed by atoms with van der Waals surface area (Å²) in [7, 11) is 0. The molecule has 0 radical (unpaired) electrons. The molecule has 3 nitrogen and oxygen atoms in total. The monoisotopic (exact) mass is 232 g/mol. The van der Waals surface area contributed by atoms with Crippen LogP contribution < -0.4 is 0 Å². The predicted molar refractivity (Wildman–Crippen MR) is 66.5 cm³/mol. The van der Waals surface area contributed by atoms with E-state index in [1.165, 1.54) is 6.92 Å². The van der Waals surface area contributed by atoms with E-state index >= 15 is 0 Å². The van der Waals surface area contributed by atoms with Gasteiger partial charge in [0.25, 0.3) is 0 Å². The Kier molecular flexibility index (Phi) is 4.64. The van der Waals surface area contributed by atoms with Gasteiger partial charge >= 0.3 is 5.97 Å². The maximum atomic E-state index is 11.5. The molecule has 0 N–H and O–H groups in total. The quantitative estimate of drug-likeness (QED) is 0.347. The Morgan fingerprint density at radius 2 is 1.82 bits per heavy atom. The lowest BCUT2D eigenvalue weighted by Gasteiger charge is -2.03. The number of rotatable bonds is 4. The minimum absolute atomic E-state index is 0.0794. The zero-order valence-electron chi connectivity index (χ0n) is 10.3. The first kappa shape index (κ1) is 13.2. The number of hydrogen-bond donors (Lipinski definition) is 0. The summed E-state index contributed by atoms with van der Waals surface area (Å²) in [4.78, 5) is 22.9. The molecule has 0 atom stereocenters. The molecule has 0 spiro atoms. The van der Waals surface area contributed by atoms with Crippen molar-refractivity contribution in [3.63, 3.8) is 0 Å². The standard InChI is InChI=1S/C14H16O3/c1-4-17-14(16)13(11(3)15)9-12-7-5-10(2)6-8-12/h5-9H,4H2,1-3H3/b13-9-. The molecule has 0 aromatic heterocycles. The third-order valence-corrected chi connectivity index (χ3v) is 2.26. The van der Waals surface area contributed by atoms with Gasteiger partial charge in [0.05, 0.1) is 6.61 Å². The number of Topliss-reactive ketones (excluding diaryl/α,β-unsaturated/α-hetero) is 1. The average molecular weight is 232 g/mol. The first-order chi connectivity index (χ1) is 8.04. The average Bonchev–Trinajstić information content (AvgIpc) is 2.28. The van der Waals surface area contributed by atoms with Gasteiger partial charge in [0.2, 0.25) is 0 Å². The van der Waals surface area contributed by atoms with Crippen LogP contribution in [0.2, 0.25) is 0 Å². The van der Waals surface area contributed by atoms with Gasteiger partial charge in [-0.2, -0.15) is 0 Å². The number of carbonyl (C=O) groups excluding carboxylic acids is 2. The largest absolute Gasteiger partial charge is 0.462 e. The summed E-state index contributed by atoms with van der Waals surface area (Å²) in [6, 6.07) is 7.57. The Morgan fingerprint density at radius 1 is 1.24 bits per heavy atom. The Labute approximate surface area is 101 Å². The Bertz CT molecular complexity index is 441. The maximum Gasteiger partial charge on any atom is 0.341 e. The molecule has 0 heterocycles. The molecule has 17 heavy (non-hydrogen) atoms. The minimum atomic E-state index is -0.569. The van der Waals surface area contributed by atoms with E-state index in [9.17, 15) is 9.59 Å². The van der Waals surface area contributed by atoms with E-state index in [1.54, 1.807) is 13.0 Å². The molecule has 0 aliphatic rings. The number of ether oxygens (including phenoxy) is 1. The van der Waals surface area contributed by atoms with Crippen molar-refractivity contribution in [1.29, 1.82) is 0 Å². The number of hydrogen-bond acceptors (Lipinski definition) is 3. The molecular formula is C14H16O3. The second kappa shape index (κ2) is 5.99. The van der Waals surface area contributed by atoms with Crippen LogP contribution in [0.15, 0.2) is 29.8 Å². The van der Waals surface area contributed by atoms with Gasteiger partial charge in [0.15, 0.2) is 5.78 Å². The van der Waals surface area contributed by atoms with Crippen LogP contribution in [-0.2, 0) is 14.3 Å². The third-order valence-electron chi connectivity index (χ3n) is 2.26. The highest BCUT2D eigenvalue weighted by atomic mass is 16.5. The number of esters is 1. The van der Waals surface area contributed by atoms with Crippen LogP contribution >= 0.6 is 0 Å².